The van der Waals surface area contributed by atoms with Crippen molar-refractivity contribution in [2.75, 3.05) is 11.9 Å². The molecule has 0 radical (unpaired) electrons. The van der Waals surface area contributed by atoms with Crippen LogP contribution in [-0.4, -0.2) is 7.05 Å². The predicted molar refractivity (Wildman–Crippen MR) is 82.5 cm³/mol. The van der Waals surface area contributed by atoms with Gasteiger partial charge in [-0.05, 0) is 42.3 Å². The van der Waals surface area contributed by atoms with Crippen LogP contribution >= 0.6 is 11.6 Å². The first-order valence-corrected chi connectivity index (χ1v) is 6.98. The number of rotatable bonds is 4. The molecule has 0 bridgehead atoms. The van der Waals surface area contributed by atoms with E-state index in [4.69, 9.17) is 17.3 Å². The highest BCUT2D eigenvalue weighted by atomic mass is 35.5. The third-order valence-electron chi connectivity index (χ3n) is 3.58. The van der Waals surface area contributed by atoms with Gasteiger partial charge in [-0.1, -0.05) is 23.7 Å². The Bertz CT molecular complexity index is 623. The van der Waals surface area contributed by atoms with E-state index in [2.05, 4.69) is 0 Å². The summed E-state index contributed by atoms with van der Waals surface area (Å²) in [5, 5.41) is 0.590. The molecule has 0 heterocycles. The fraction of sp³-hybridized carbons (Fsp3) is 0.250. The highest BCUT2D eigenvalue weighted by Crippen LogP contribution is 2.31. The number of benzene rings is 2. The molecule has 0 spiro atoms. The van der Waals surface area contributed by atoms with Crippen LogP contribution in [0.1, 0.15) is 24.1 Å². The quantitative estimate of drug-likeness (QED) is 0.913. The first-order chi connectivity index (χ1) is 9.93. The molecule has 0 aromatic heterocycles. The summed E-state index contributed by atoms with van der Waals surface area (Å²) >= 11 is 5.96. The molecule has 5 heteroatoms. The van der Waals surface area contributed by atoms with Gasteiger partial charge < -0.3 is 10.6 Å². The van der Waals surface area contributed by atoms with E-state index < -0.39 is 11.6 Å². The Morgan fingerprint density at radius 3 is 2.33 bits per heavy atom. The van der Waals surface area contributed by atoms with Crippen molar-refractivity contribution in [3.63, 3.8) is 0 Å². The molecule has 2 aromatic rings. The van der Waals surface area contributed by atoms with Crippen molar-refractivity contribution in [1.29, 1.82) is 0 Å². The molecule has 2 N–H and O–H groups in total. The third-order valence-corrected chi connectivity index (χ3v) is 3.81. The number of halogens is 3. The van der Waals surface area contributed by atoms with Crippen LogP contribution in [0.3, 0.4) is 0 Å². The summed E-state index contributed by atoms with van der Waals surface area (Å²) in [7, 11) is 1.65. The lowest BCUT2D eigenvalue weighted by atomic mass is 10.1. The van der Waals surface area contributed by atoms with Crippen LogP contribution in [0, 0.1) is 11.6 Å². The van der Waals surface area contributed by atoms with E-state index in [1.54, 1.807) is 24.1 Å². The van der Waals surface area contributed by atoms with E-state index in [0.717, 1.165) is 5.56 Å². The van der Waals surface area contributed by atoms with Gasteiger partial charge in [-0.2, -0.15) is 0 Å². The minimum atomic E-state index is -0.619. The Kier molecular flexibility index (Phi) is 4.80. The molecule has 0 saturated carbocycles. The molecule has 1 atom stereocenters. The molecule has 0 aliphatic carbocycles. The standard InChI is InChI=1S/C16H17ClF2N2/c1-10(12-4-3-5-13(17)8-12)21(2)16-14(18)6-11(9-20)7-15(16)19/h3-8,10H,9,20H2,1-2H3. The first-order valence-electron chi connectivity index (χ1n) is 6.60. The van der Waals surface area contributed by atoms with Crippen molar-refractivity contribution >= 4 is 17.3 Å². The Morgan fingerprint density at radius 1 is 1.19 bits per heavy atom. The monoisotopic (exact) mass is 310 g/mol. The van der Waals surface area contributed by atoms with Crippen LogP contribution < -0.4 is 10.6 Å². The zero-order valence-corrected chi connectivity index (χ0v) is 12.7. The molecular formula is C16H17ClF2N2. The topological polar surface area (TPSA) is 29.3 Å². The fourth-order valence-corrected chi connectivity index (χ4v) is 2.46. The van der Waals surface area contributed by atoms with Crippen molar-refractivity contribution in [2.45, 2.75) is 19.5 Å². The van der Waals surface area contributed by atoms with Crippen LogP contribution in [0.5, 0.6) is 0 Å². The fourth-order valence-electron chi connectivity index (χ4n) is 2.26. The van der Waals surface area contributed by atoms with Crippen LogP contribution in [0.2, 0.25) is 5.02 Å². The van der Waals surface area contributed by atoms with Gasteiger partial charge in [0.15, 0.2) is 0 Å². The first kappa shape index (κ1) is 15.7. The van der Waals surface area contributed by atoms with Gasteiger partial charge in [0.2, 0.25) is 0 Å². The highest BCUT2D eigenvalue weighted by molar-refractivity contribution is 6.30. The molecule has 0 fully saturated rings. The Morgan fingerprint density at radius 2 is 1.81 bits per heavy atom. The lowest BCUT2D eigenvalue weighted by molar-refractivity contribution is 0.562. The van der Waals surface area contributed by atoms with Crippen LogP contribution in [0.15, 0.2) is 36.4 Å². The smallest absolute Gasteiger partial charge is 0.149 e. The van der Waals surface area contributed by atoms with E-state index in [-0.39, 0.29) is 18.3 Å². The van der Waals surface area contributed by atoms with Crippen molar-refractivity contribution < 1.29 is 8.78 Å². The normalized spacial score (nSPS) is 12.3. The van der Waals surface area contributed by atoms with Gasteiger partial charge in [-0.3, -0.25) is 0 Å². The maximum atomic E-state index is 14.1. The lowest BCUT2D eigenvalue weighted by Gasteiger charge is -2.28. The van der Waals surface area contributed by atoms with Gasteiger partial charge in [0.05, 0.1) is 6.04 Å². The Hall–Kier alpha value is -1.65. The molecule has 1 unspecified atom stereocenters. The molecule has 0 aliphatic rings. The van der Waals surface area contributed by atoms with Crippen molar-refractivity contribution in [3.05, 3.63) is 64.2 Å². The number of anilines is 1. The lowest BCUT2D eigenvalue weighted by Crippen LogP contribution is -2.24. The molecule has 2 rings (SSSR count). The van der Waals surface area contributed by atoms with E-state index in [9.17, 15) is 8.78 Å². The summed E-state index contributed by atoms with van der Waals surface area (Å²) in [6.45, 7) is 1.96. The summed E-state index contributed by atoms with van der Waals surface area (Å²) < 4.78 is 28.3. The van der Waals surface area contributed by atoms with Crippen molar-refractivity contribution in [1.82, 2.24) is 0 Å². The van der Waals surface area contributed by atoms with E-state index in [0.29, 0.717) is 10.6 Å². The zero-order chi connectivity index (χ0) is 15.6. The second-order valence-electron chi connectivity index (χ2n) is 4.95. The Balaban J connectivity index is 2.38. The van der Waals surface area contributed by atoms with Crippen LogP contribution in [-0.2, 0) is 6.54 Å². The van der Waals surface area contributed by atoms with Gasteiger partial charge in [0, 0.05) is 18.6 Å². The number of nitrogens with two attached hydrogens (primary N) is 1. The van der Waals surface area contributed by atoms with Gasteiger partial charge >= 0.3 is 0 Å². The minimum absolute atomic E-state index is 0.0697. The number of nitrogens with zero attached hydrogens (tertiary/aromatic N) is 1. The Labute approximate surface area is 128 Å². The van der Waals surface area contributed by atoms with Gasteiger partial charge in [-0.15, -0.1) is 0 Å². The van der Waals surface area contributed by atoms with Crippen molar-refractivity contribution in [2.24, 2.45) is 5.73 Å². The third kappa shape index (κ3) is 3.34. The van der Waals surface area contributed by atoms with Gasteiger partial charge in [-0.25, -0.2) is 8.78 Å². The minimum Gasteiger partial charge on any atom is -0.363 e. The maximum Gasteiger partial charge on any atom is 0.149 e. The summed E-state index contributed by atoms with van der Waals surface area (Å²) in [6, 6.07) is 9.53. The molecule has 0 saturated heterocycles. The highest BCUT2D eigenvalue weighted by Gasteiger charge is 2.20. The zero-order valence-electron chi connectivity index (χ0n) is 11.9. The summed E-state index contributed by atoms with van der Waals surface area (Å²) in [6.07, 6.45) is 0. The van der Waals surface area contributed by atoms with Crippen LogP contribution in [0.4, 0.5) is 14.5 Å². The summed E-state index contributed by atoms with van der Waals surface area (Å²) in [5.41, 5.74) is 6.66. The maximum absolute atomic E-state index is 14.1. The van der Waals surface area contributed by atoms with E-state index in [1.165, 1.54) is 12.1 Å². The van der Waals surface area contributed by atoms with E-state index >= 15 is 0 Å². The average Bonchev–Trinajstić information content (AvgIpc) is 2.45. The predicted octanol–water partition coefficient (Wildman–Crippen LogP) is 4.27. The largest absolute Gasteiger partial charge is 0.363 e. The molecule has 112 valence electrons. The second kappa shape index (κ2) is 6.41. The summed E-state index contributed by atoms with van der Waals surface area (Å²) in [4.78, 5) is 1.55. The SMILES string of the molecule is CC(c1cccc(Cl)c1)N(C)c1c(F)cc(CN)cc1F. The average molecular weight is 311 g/mol. The molecule has 21 heavy (non-hydrogen) atoms. The molecule has 0 aliphatic heterocycles. The summed E-state index contributed by atoms with van der Waals surface area (Å²) in [5.74, 6) is -1.24. The number of hydrogen-bond acceptors (Lipinski definition) is 2. The molecular weight excluding hydrogens is 294 g/mol. The molecule has 2 aromatic carbocycles. The molecule has 0 amide bonds. The molecule has 2 nitrogen and oxygen atoms in total. The van der Waals surface area contributed by atoms with E-state index in [1.807, 2.05) is 19.1 Å². The van der Waals surface area contributed by atoms with Crippen molar-refractivity contribution in [3.8, 4) is 0 Å². The van der Waals surface area contributed by atoms with Crippen LogP contribution in [0.25, 0.3) is 0 Å². The van der Waals surface area contributed by atoms with Gasteiger partial charge in [0.25, 0.3) is 0 Å². The second-order valence-corrected chi connectivity index (χ2v) is 5.39. The van der Waals surface area contributed by atoms with Gasteiger partial charge in [0.1, 0.15) is 17.3 Å². The number of hydrogen-bond donors (Lipinski definition) is 1.